The van der Waals surface area contributed by atoms with Crippen LogP contribution in [0, 0.1) is 0 Å². The second-order valence-corrected chi connectivity index (χ2v) is 7.62. The van der Waals surface area contributed by atoms with Gasteiger partial charge in [-0.3, -0.25) is 14.5 Å². The number of anilines is 1. The lowest BCUT2D eigenvalue weighted by Crippen LogP contribution is -2.49. The minimum Gasteiger partial charge on any atom is -0.340 e. The molecule has 1 fully saturated rings. The van der Waals surface area contributed by atoms with Crippen molar-refractivity contribution in [1.29, 1.82) is 0 Å². The fraction of sp³-hybridized carbons (Fsp3) is 0.333. The van der Waals surface area contributed by atoms with Gasteiger partial charge in [0.05, 0.1) is 12.2 Å². The third kappa shape index (κ3) is 5.84. The number of nitrogens with zero attached hydrogens (tertiary/aromatic N) is 2. The van der Waals surface area contributed by atoms with Crippen LogP contribution in [0.5, 0.6) is 0 Å². The van der Waals surface area contributed by atoms with Gasteiger partial charge in [0.1, 0.15) is 0 Å². The van der Waals surface area contributed by atoms with Crippen molar-refractivity contribution < 1.29 is 9.59 Å². The third-order valence-corrected chi connectivity index (χ3v) is 5.73. The molecule has 1 saturated heterocycles. The first-order chi connectivity index (χ1) is 13.1. The number of carbonyl (C=O) groups excluding carboxylic acids is 2. The van der Waals surface area contributed by atoms with E-state index in [-0.39, 0.29) is 11.8 Å². The minimum absolute atomic E-state index is 0.0148. The first-order valence-electron chi connectivity index (χ1n) is 9.15. The highest BCUT2D eigenvalue weighted by Gasteiger charge is 2.20. The van der Waals surface area contributed by atoms with Gasteiger partial charge in [0.25, 0.3) is 0 Å². The van der Waals surface area contributed by atoms with Crippen molar-refractivity contribution in [1.82, 2.24) is 9.80 Å². The van der Waals surface area contributed by atoms with E-state index in [0.29, 0.717) is 19.6 Å². The van der Waals surface area contributed by atoms with Crippen molar-refractivity contribution in [2.75, 3.05) is 38.0 Å². The summed E-state index contributed by atoms with van der Waals surface area (Å²) in [7, 11) is 0. The molecule has 1 aliphatic rings. The van der Waals surface area contributed by atoms with Crippen LogP contribution in [0.25, 0.3) is 0 Å². The summed E-state index contributed by atoms with van der Waals surface area (Å²) in [5.41, 5.74) is 2.11. The van der Waals surface area contributed by atoms with Crippen molar-refractivity contribution in [3.63, 3.8) is 0 Å². The Hall–Kier alpha value is -2.31. The van der Waals surface area contributed by atoms with E-state index in [1.165, 1.54) is 5.56 Å². The molecule has 6 heteroatoms. The summed E-state index contributed by atoms with van der Waals surface area (Å²) >= 11 is 1.72. The van der Waals surface area contributed by atoms with Crippen molar-refractivity contribution in [2.45, 2.75) is 17.6 Å². The Labute approximate surface area is 164 Å². The molecule has 2 aromatic rings. The van der Waals surface area contributed by atoms with Gasteiger partial charge in [-0.15, -0.1) is 11.8 Å². The van der Waals surface area contributed by atoms with Crippen molar-refractivity contribution >= 4 is 29.3 Å². The van der Waals surface area contributed by atoms with Crippen LogP contribution in [0.3, 0.4) is 0 Å². The Balaban J connectivity index is 1.53. The number of piperazine rings is 1. The second kappa shape index (κ2) is 9.58. The lowest BCUT2D eigenvalue weighted by Gasteiger charge is -2.33. The zero-order chi connectivity index (χ0) is 19.1. The van der Waals surface area contributed by atoms with Crippen molar-refractivity contribution in [3.8, 4) is 0 Å². The van der Waals surface area contributed by atoms with Crippen LogP contribution in [0.15, 0.2) is 59.5 Å². The third-order valence-electron chi connectivity index (χ3n) is 4.58. The monoisotopic (exact) mass is 383 g/mol. The Morgan fingerprint density at radius 3 is 2.33 bits per heavy atom. The molecule has 0 aromatic heterocycles. The number of benzene rings is 2. The summed E-state index contributed by atoms with van der Waals surface area (Å²) in [6, 6.07) is 18.2. The Morgan fingerprint density at radius 1 is 0.963 bits per heavy atom. The Bertz CT molecular complexity index is 774. The van der Waals surface area contributed by atoms with Crippen molar-refractivity contribution in [3.05, 3.63) is 60.2 Å². The molecule has 0 aliphatic carbocycles. The Morgan fingerprint density at radius 2 is 1.63 bits per heavy atom. The average molecular weight is 384 g/mol. The highest BCUT2D eigenvalue weighted by atomic mass is 32.2. The number of amides is 2. The predicted octanol–water partition coefficient (Wildman–Crippen LogP) is 3.08. The fourth-order valence-electron chi connectivity index (χ4n) is 3.04. The molecule has 0 spiro atoms. The molecule has 1 heterocycles. The number of carbonyl (C=O) groups is 2. The van der Waals surface area contributed by atoms with Crippen LogP contribution in [-0.2, 0) is 15.3 Å². The molecule has 2 aromatic carbocycles. The molecule has 2 amide bonds. The van der Waals surface area contributed by atoms with Crippen LogP contribution in [-0.4, -0.2) is 54.3 Å². The molecule has 1 aliphatic heterocycles. The molecule has 1 N–H and O–H groups in total. The largest absolute Gasteiger partial charge is 0.340 e. The van der Waals surface area contributed by atoms with E-state index in [2.05, 4.69) is 22.3 Å². The molecule has 0 atom stereocenters. The van der Waals surface area contributed by atoms with E-state index in [0.717, 1.165) is 29.4 Å². The zero-order valence-electron chi connectivity index (χ0n) is 15.6. The first-order valence-corrected chi connectivity index (χ1v) is 10.1. The maximum Gasteiger partial charge on any atom is 0.238 e. The predicted molar refractivity (Wildman–Crippen MR) is 110 cm³/mol. The van der Waals surface area contributed by atoms with Gasteiger partial charge in [-0.25, -0.2) is 0 Å². The SMILES string of the molecule is CC(=O)N1CCN(CC(=O)Nc2ccccc2SCc2ccccc2)CC1. The average Bonchev–Trinajstić information content (AvgIpc) is 2.68. The molecular formula is C21H25N3O2S. The lowest BCUT2D eigenvalue weighted by molar-refractivity contribution is -0.130. The summed E-state index contributed by atoms with van der Waals surface area (Å²) in [6.45, 7) is 4.78. The van der Waals surface area contributed by atoms with Gasteiger partial charge in [-0.05, 0) is 17.7 Å². The van der Waals surface area contributed by atoms with Gasteiger partial charge in [0.15, 0.2) is 0 Å². The lowest BCUT2D eigenvalue weighted by atomic mass is 10.2. The van der Waals surface area contributed by atoms with E-state index >= 15 is 0 Å². The number of rotatable bonds is 6. The van der Waals surface area contributed by atoms with Gasteiger partial charge in [0.2, 0.25) is 11.8 Å². The molecule has 5 nitrogen and oxygen atoms in total. The van der Waals surface area contributed by atoms with E-state index in [4.69, 9.17) is 0 Å². The number of thioether (sulfide) groups is 1. The molecule has 142 valence electrons. The van der Waals surface area contributed by atoms with Gasteiger partial charge < -0.3 is 10.2 Å². The molecule has 0 bridgehead atoms. The molecule has 0 radical (unpaired) electrons. The van der Waals surface area contributed by atoms with Gasteiger partial charge >= 0.3 is 0 Å². The van der Waals surface area contributed by atoms with Crippen LogP contribution >= 0.6 is 11.8 Å². The standard InChI is InChI=1S/C21H25N3O2S/c1-17(25)24-13-11-23(12-14-24)15-21(26)22-19-9-5-6-10-20(19)27-16-18-7-3-2-4-8-18/h2-10H,11-16H2,1H3,(H,22,26). The number of para-hydroxylation sites is 1. The maximum absolute atomic E-state index is 12.5. The van der Waals surface area contributed by atoms with E-state index in [1.807, 2.05) is 47.4 Å². The van der Waals surface area contributed by atoms with Crippen LogP contribution in [0.4, 0.5) is 5.69 Å². The number of hydrogen-bond donors (Lipinski definition) is 1. The van der Waals surface area contributed by atoms with Gasteiger partial charge in [-0.1, -0.05) is 42.5 Å². The number of nitrogens with one attached hydrogen (secondary N) is 1. The molecule has 27 heavy (non-hydrogen) atoms. The minimum atomic E-state index is -0.0148. The topological polar surface area (TPSA) is 52.7 Å². The molecule has 0 saturated carbocycles. The van der Waals surface area contributed by atoms with Gasteiger partial charge in [-0.2, -0.15) is 0 Å². The van der Waals surface area contributed by atoms with Crippen LogP contribution in [0.1, 0.15) is 12.5 Å². The van der Waals surface area contributed by atoms with E-state index in [9.17, 15) is 9.59 Å². The Kier molecular flexibility index (Phi) is 6.90. The highest BCUT2D eigenvalue weighted by Crippen LogP contribution is 2.29. The molecule has 3 rings (SSSR count). The first kappa shape index (κ1) is 19.5. The normalized spacial score (nSPS) is 14.8. The highest BCUT2D eigenvalue weighted by molar-refractivity contribution is 7.98. The van der Waals surface area contributed by atoms with Crippen molar-refractivity contribution in [2.24, 2.45) is 0 Å². The van der Waals surface area contributed by atoms with E-state index < -0.39 is 0 Å². The maximum atomic E-state index is 12.5. The summed E-state index contributed by atoms with van der Waals surface area (Å²) in [5.74, 6) is 0.947. The summed E-state index contributed by atoms with van der Waals surface area (Å²) in [4.78, 5) is 28.9. The number of hydrogen-bond acceptors (Lipinski definition) is 4. The van der Waals surface area contributed by atoms with Crippen LogP contribution < -0.4 is 5.32 Å². The summed E-state index contributed by atoms with van der Waals surface area (Å²) in [5, 5.41) is 3.05. The van der Waals surface area contributed by atoms with Crippen LogP contribution in [0.2, 0.25) is 0 Å². The smallest absolute Gasteiger partial charge is 0.238 e. The van der Waals surface area contributed by atoms with E-state index in [1.54, 1.807) is 18.7 Å². The quantitative estimate of drug-likeness (QED) is 0.779. The fourth-order valence-corrected chi connectivity index (χ4v) is 4.01. The summed E-state index contributed by atoms with van der Waals surface area (Å²) in [6.07, 6.45) is 0. The summed E-state index contributed by atoms with van der Waals surface area (Å²) < 4.78 is 0. The molecular weight excluding hydrogens is 358 g/mol. The zero-order valence-corrected chi connectivity index (χ0v) is 16.4. The van der Waals surface area contributed by atoms with Gasteiger partial charge in [0, 0.05) is 43.8 Å². The molecule has 0 unspecified atom stereocenters. The second-order valence-electron chi connectivity index (χ2n) is 6.60.